The summed E-state index contributed by atoms with van der Waals surface area (Å²) in [5, 5.41) is 8.86. The monoisotopic (exact) mass is 257 g/mol. The molecule has 1 fully saturated rings. The normalized spacial score (nSPS) is 18.1. The van der Waals surface area contributed by atoms with E-state index in [-0.39, 0.29) is 24.6 Å². The lowest BCUT2D eigenvalue weighted by Gasteiger charge is -2.37. The third-order valence-electron chi connectivity index (χ3n) is 3.39. The number of hydrogen-bond acceptors (Lipinski definition) is 3. The first-order valence-electron chi connectivity index (χ1n) is 6.73. The van der Waals surface area contributed by atoms with Gasteiger partial charge in [0.15, 0.2) is 0 Å². The van der Waals surface area contributed by atoms with E-state index in [4.69, 9.17) is 9.84 Å². The predicted octanol–water partition coefficient (Wildman–Crippen LogP) is 2.64. The van der Waals surface area contributed by atoms with Crippen LogP contribution in [0.5, 0.6) is 0 Å². The molecule has 1 atom stereocenters. The average Bonchev–Trinajstić information content (AvgIpc) is 2.30. The molecule has 0 aromatic carbocycles. The number of carboxylic acids is 1. The number of ether oxygens (including phenoxy) is 1. The van der Waals surface area contributed by atoms with Gasteiger partial charge in [-0.25, -0.2) is 4.79 Å². The van der Waals surface area contributed by atoms with Crippen molar-refractivity contribution in [1.29, 1.82) is 0 Å². The van der Waals surface area contributed by atoms with Crippen LogP contribution in [-0.4, -0.2) is 40.8 Å². The molecule has 0 heterocycles. The van der Waals surface area contributed by atoms with Gasteiger partial charge in [-0.15, -0.1) is 0 Å². The molecule has 1 N–H and O–H groups in total. The van der Waals surface area contributed by atoms with Crippen molar-refractivity contribution in [2.75, 3.05) is 6.61 Å². The molecule has 18 heavy (non-hydrogen) atoms. The Labute approximate surface area is 108 Å². The summed E-state index contributed by atoms with van der Waals surface area (Å²) < 4.78 is 5.05. The lowest BCUT2D eigenvalue weighted by atomic mass is 9.93. The van der Waals surface area contributed by atoms with Gasteiger partial charge in [-0.1, -0.05) is 19.3 Å². The number of aliphatic carboxylic acids is 1. The van der Waals surface area contributed by atoms with E-state index in [1.54, 1.807) is 18.7 Å². The first-order chi connectivity index (χ1) is 8.56. The van der Waals surface area contributed by atoms with E-state index in [0.717, 1.165) is 25.7 Å². The molecule has 0 aromatic rings. The molecule has 0 radical (unpaired) electrons. The van der Waals surface area contributed by atoms with Crippen LogP contribution in [-0.2, 0) is 9.53 Å². The first-order valence-corrected chi connectivity index (χ1v) is 6.73. The zero-order chi connectivity index (χ0) is 13.5. The predicted molar refractivity (Wildman–Crippen MR) is 67.4 cm³/mol. The summed E-state index contributed by atoms with van der Waals surface area (Å²) in [5.74, 6) is -0.882. The fraction of sp³-hybridized carbons (Fsp3) is 0.846. The Morgan fingerprint density at radius 1 is 1.33 bits per heavy atom. The van der Waals surface area contributed by atoms with E-state index in [0.29, 0.717) is 6.61 Å². The van der Waals surface area contributed by atoms with Crippen LogP contribution in [0.3, 0.4) is 0 Å². The third kappa shape index (κ3) is 4.20. The molecule has 5 heteroatoms. The van der Waals surface area contributed by atoms with Crippen LogP contribution in [0, 0.1) is 0 Å². The van der Waals surface area contributed by atoms with Crippen molar-refractivity contribution in [2.24, 2.45) is 0 Å². The van der Waals surface area contributed by atoms with E-state index >= 15 is 0 Å². The molecule has 5 nitrogen and oxygen atoms in total. The molecular weight excluding hydrogens is 234 g/mol. The van der Waals surface area contributed by atoms with Crippen molar-refractivity contribution >= 4 is 12.1 Å². The highest BCUT2D eigenvalue weighted by Crippen LogP contribution is 2.25. The Morgan fingerprint density at radius 2 is 1.94 bits per heavy atom. The van der Waals surface area contributed by atoms with Crippen molar-refractivity contribution in [3.63, 3.8) is 0 Å². The molecule has 0 aromatic heterocycles. The minimum Gasteiger partial charge on any atom is -0.481 e. The molecule has 0 spiro atoms. The molecule has 1 unspecified atom stereocenters. The van der Waals surface area contributed by atoms with Crippen LogP contribution in [0.2, 0.25) is 0 Å². The maximum absolute atomic E-state index is 12.0. The lowest BCUT2D eigenvalue weighted by molar-refractivity contribution is -0.138. The van der Waals surface area contributed by atoms with Crippen molar-refractivity contribution in [1.82, 2.24) is 4.90 Å². The van der Waals surface area contributed by atoms with Crippen LogP contribution in [0.4, 0.5) is 4.79 Å². The van der Waals surface area contributed by atoms with Crippen LogP contribution in [0.25, 0.3) is 0 Å². The number of hydrogen-bond donors (Lipinski definition) is 1. The fourth-order valence-electron chi connectivity index (χ4n) is 2.60. The van der Waals surface area contributed by atoms with Gasteiger partial charge >= 0.3 is 12.1 Å². The lowest BCUT2D eigenvalue weighted by Crippen LogP contribution is -2.47. The molecular formula is C13H23NO4. The fourth-order valence-corrected chi connectivity index (χ4v) is 2.60. The van der Waals surface area contributed by atoms with Crippen LogP contribution in [0.1, 0.15) is 52.4 Å². The number of amides is 1. The molecule has 0 aliphatic heterocycles. The summed E-state index contributed by atoms with van der Waals surface area (Å²) in [5.41, 5.74) is 0. The number of carboxylic acid groups (broad SMARTS) is 1. The highest BCUT2D eigenvalue weighted by atomic mass is 16.6. The third-order valence-corrected chi connectivity index (χ3v) is 3.39. The van der Waals surface area contributed by atoms with Gasteiger partial charge in [0, 0.05) is 12.1 Å². The Bertz CT molecular complexity index is 287. The van der Waals surface area contributed by atoms with Crippen LogP contribution >= 0.6 is 0 Å². The van der Waals surface area contributed by atoms with Crippen LogP contribution < -0.4 is 0 Å². The van der Waals surface area contributed by atoms with Gasteiger partial charge in [0.25, 0.3) is 0 Å². The number of carbonyl (C=O) groups is 2. The zero-order valence-corrected chi connectivity index (χ0v) is 11.2. The smallest absolute Gasteiger partial charge is 0.410 e. The van der Waals surface area contributed by atoms with E-state index in [2.05, 4.69) is 0 Å². The van der Waals surface area contributed by atoms with E-state index in [9.17, 15) is 9.59 Å². The molecule has 104 valence electrons. The van der Waals surface area contributed by atoms with E-state index in [1.165, 1.54) is 6.42 Å². The van der Waals surface area contributed by atoms with Gasteiger partial charge < -0.3 is 14.7 Å². The SMILES string of the molecule is CCOC(=O)N(C(C)CC(=O)O)C1CCCCC1. The largest absolute Gasteiger partial charge is 0.481 e. The Kier molecular flexibility index (Phi) is 5.95. The minimum atomic E-state index is -0.882. The summed E-state index contributed by atoms with van der Waals surface area (Å²) in [4.78, 5) is 24.4. The Morgan fingerprint density at radius 3 is 2.44 bits per heavy atom. The van der Waals surface area contributed by atoms with Crippen molar-refractivity contribution in [3.05, 3.63) is 0 Å². The summed E-state index contributed by atoms with van der Waals surface area (Å²) in [6, 6.07) is -0.184. The Balaban J connectivity index is 2.72. The van der Waals surface area contributed by atoms with Crippen LogP contribution in [0.15, 0.2) is 0 Å². The highest BCUT2D eigenvalue weighted by molar-refractivity contribution is 5.71. The average molecular weight is 257 g/mol. The van der Waals surface area contributed by atoms with Gasteiger partial charge in [0.05, 0.1) is 13.0 Å². The zero-order valence-electron chi connectivity index (χ0n) is 11.2. The van der Waals surface area contributed by atoms with E-state index in [1.807, 2.05) is 0 Å². The minimum absolute atomic E-state index is 0.0324. The van der Waals surface area contributed by atoms with Gasteiger partial charge in [0.2, 0.25) is 0 Å². The topological polar surface area (TPSA) is 66.8 Å². The number of rotatable bonds is 5. The molecule has 1 aliphatic carbocycles. The summed E-state index contributed by atoms with van der Waals surface area (Å²) in [6.45, 7) is 3.86. The molecule has 1 aliphatic rings. The molecule has 1 amide bonds. The summed E-state index contributed by atoms with van der Waals surface area (Å²) in [6.07, 6.45) is 4.88. The second-order valence-corrected chi connectivity index (χ2v) is 4.84. The number of nitrogens with zero attached hydrogens (tertiary/aromatic N) is 1. The Hall–Kier alpha value is -1.26. The molecule has 1 saturated carbocycles. The molecule has 0 bridgehead atoms. The molecule has 1 rings (SSSR count). The summed E-state index contributed by atoms with van der Waals surface area (Å²) in [7, 11) is 0. The standard InChI is InChI=1S/C13H23NO4/c1-3-18-13(17)14(10(2)9-12(15)16)11-7-5-4-6-8-11/h10-11H,3-9H2,1-2H3,(H,15,16). The second-order valence-electron chi connectivity index (χ2n) is 4.84. The maximum atomic E-state index is 12.0. The second kappa shape index (κ2) is 7.24. The highest BCUT2D eigenvalue weighted by Gasteiger charge is 2.31. The van der Waals surface area contributed by atoms with Crippen molar-refractivity contribution in [3.8, 4) is 0 Å². The number of carbonyl (C=O) groups excluding carboxylic acids is 1. The first kappa shape index (κ1) is 14.8. The van der Waals surface area contributed by atoms with Crippen molar-refractivity contribution < 1.29 is 19.4 Å². The quantitative estimate of drug-likeness (QED) is 0.822. The van der Waals surface area contributed by atoms with Gasteiger partial charge in [-0.05, 0) is 26.7 Å². The van der Waals surface area contributed by atoms with Gasteiger partial charge in [-0.3, -0.25) is 4.79 Å². The molecule has 0 saturated heterocycles. The van der Waals surface area contributed by atoms with Gasteiger partial charge in [0.1, 0.15) is 0 Å². The van der Waals surface area contributed by atoms with Gasteiger partial charge in [-0.2, -0.15) is 0 Å². The van der Waals surface area contributed by atoms with E-state index < -0.39 is 5.97 Å². The maximum Gasteiger partial charge on any atom is 0.410 e. The summed E-state index contributed by atoms with van der Waals surface area (Å²) >= 11 is 0. The van der Waals surface area contributed by atoms with Crippen molar-refractivity contribution in [2.45, 2.75) is 64.5 Å².